The molecule has 0 aliphatic heterocycles. The van der Waals surface area contributed by atoms with Gasteiger partial charge < -0.3 is 5.73 Å². The molecule has 0 aliphatic carbocycles. The van der Waals surface area contributed by atoms with Gasteiger partial charge in [0, 0.05) is 18.2 Å². The van der Waals surface area contributed by atoms with Gasteiger partial charge in [-0.1, -0.05) is 37.3 Å². The summed E-state index contributed by atoms with van der Waals surface area (Å²) in [5.74, 6) is 2.31. The average Bonchev–Trinajstić information content (AvgIpc) is 2.37. The van der Waals surface area contributed by atoms with Gasteiger partial charge in [0.25, 0.3) is 0 Å². The van der Waals surface area contributed by atoms with Crippen molar-refractivity contribution in [2.45, 2.75) is 30.5 Å². The molecule has 0 bridgehead atoms. The Morgan fingerprint density at radius 2 is 1.94 bits per heavy atom. The molecule has 1 heterocycles. The van der Waals surface area contributed by atoms with Crippen molar-refractivity contribution in [3.05, 3.63) is 47.8 Å². The van der Waals surface area contributed by atoms with Crippen LogP contribution in [0.3, 0.4) is 0 Å². The van der Waals surface area contributed by atoms with Gasteiger partial charge in [-0.15, -0.1) is 11.8 Å². The van der Waals surface area contributed by atoms with Gasteiger partial charge in [-0.05, 0) is 12.0 Å². The predicted molar refractivity (Wildman–Crippen MR) is 76.4 cm³/mol. The van der Waals surface area contributed by atoms with Crippen LogP contribution in [0, 0.1) is 0 Å². The fourth-order valence-corrected chi connectivity index (χ4v) is 2.51. The minimum atomic E-state index is 0.559. The molecule has 0 saturated carbocycles. The van der Waals surface area contributed by atoms with E-state index in [0.717, 1.165) is 29.4 Å². The first-order chi connectivity index (χ1) is 8.78. The van der Waals surface area contributed by atoms with Gasteiger partial charge >= 0.3 is 0 Å². The molecule has 3 nitrogen and oxygen atoms in total. The smallest absolute Gasteiger partial charge is 0.132 e. The fraction of sp³-hybridized carbons (Fsp3) is 0.286. The number of benzene rings is 1. The summed E-state index contributed by atoms with van der Waals surface area (Å²) in [7, 11) is 0. The Hall–Kier alpha value is -1.55. The van der Waals surface area contributed by atoms with Crippen molar-refractivity contribution >= 4 is 17.6 Å². The van der Waals surface area contributed by atoms with Crippen LogP contribution < -0.4 is 5.73 Å². The number of nitrogen functional groups attached to an aromatic ring is 1. The van der Waals surface area contributed by atoms with Crippen molar-refractivity contribution in [3.63, 3.8) is 0 Å². The highest BCUT2D eigenvalue weighted by atomic mass is 32.2. The monoisotopic (exact) mass is 259 g/mol. The third kappa shape index (κ3) is 3.74. The minimum Gasteiger partial charge on any atom is -0.384 e. The lowest BCUT2D eigenvalue weighted by molar-refractivity contribution is 0.813. The highest BCUT2D eigenvalue weighted by Gasteiger charge is 2.03. The average molecular weight is 259 g/mol. The van der Waals surface area contributed by atoms with Crippen molar-refractivity contribution < 1.29 is 0 Å². The molecular formula is C14H17N3S. The Kier molecular flexibility index (Phi) is 4.59. The van der Waals surface area contributed by atoms with E-state index in [1.165, 1.54) is 5.56 Å². The lowest BCUT2D eigenvalue weighted by atomic mass is 10.2. The van der Waals surface area contributed by atoms with Gasteiger partial charge in [0.05, 0.1) is 0 Å². The maximum Gasteiger partial charge on any atom is 0.132 e. The predicted octanol–water partition coefficient (Wildman–Crippen LogP) is 3.30. The van der Waals surface area contributed by atoms with E-state index in [1.807, 2.05) is 24.3 Å². The molecule has 0 radical (unpaired) electrons. The molecule has 2 N–H and O–H groups in total. The van der Waals surface area contributed by atoms with E-state index in [0.29, 0.717) is 5.82 Å². The second-order valence-electron chi connectivity index (χ2n) is 4.07. The van der Waals surface area contributed by atoms with Crippen LogP contribution in [0.4, 0.5) is 5.82 Å². The molecule has 0 atom stereocenters. The highest BCUT2D eigenvalue weighted by Crippen LogP contribution is 2.22. The van der Waals surface area contributed by atoms with Gasteiger partial charge in [0.1, 0.15) is 16.7 Å². The van der Waals surface area contributed by atoms with E-state index in [9.17, 15) is 0 Å². The standard InChI is InChI=1S/C14H17N3S/c1-2-6-13-16-12(15)9-14(17-13)18-10-11-7-4-3-5-8-11/h3-5,7-9H,2,6,10H2,1H3,(H2,15,16,17). The lowest BCUT2D eigenvalue weighted by Crippen LogP contribution is -2.00. The van der Waals surface area contributed by atoms with Crippen molar-refractivity contribution in [2.24, 2.45) is 0 Å². The van der Waals surface area contributed by atoms with Gasteiger partial charge in [-0.3, -0.25) is 0 Å². The van der Waals surface area contributed by atoms with Crippen molar-refractivity contribution in [3.8, 4) is 0 Å². The normalized spacial score (nSPS) is 10.5. The van der Waals surface area contributed by atoms with Crippen LogP contribution in [0.15, 0.2) is 41.4 Å². The van der Waals surface area contributed by atoms with Crippen LogP contribution in [-0.4, -0.2) is 9.97 Å². The van der Waals surface area contributed by atoms with E-state index >= 15 is 0 Å². The number of nitrogens with two attached hydrogens (primary N) is 1. The molecule has 18 heavy (non-hydrogen) atoms. The quantitative estimate of drug-likeness (QED) is 0.661. The van der Waals surface area contributed by atoms with E-state index < -0.39 is 0 Å². The van der Waals surface area contributed by atoms with E-state index in [-0.39, 0.29) is 0 Å². The molecule has 0 spiro atoms. The molecular weight excluding hydrogens is 242 g/mol. The summed E-state index contributed by atoms with van der Waals surface area (Å²) in [6.07, 6.45) is 1.91. The number of hydrogen-bond acceptors (Lipinski definition) is 4. The van der Waals surface area contributed by atoms with Crippen LogP contribution in [0.1, 0.15) is 24.7 Å². The molecule has 1 aromatic heterocycles. The highest BCUT2D eigenvalue weighted by molar-refractivity contribution is 7.98. The van der Waals surface area contributed by atoms with Crippen molar-refractivity contribution in [1.82, 2.24) is 9.97 Å². The van der Waals surface area contributed by atoms with Crippen LogP contribution in [0.5, 0.6) is 0 Å². The van der Waals surface area contributed by atoms with Crippen LogP contribution in [-0.2, 0) is 12.2 Å². The molecule has 0 aliphatic rings. The van der Waals surface area contributed by atoms with Gasteiger partial charge in [0.15, 0.2) is 0 Å². The molecule has 0 amide bonds. The van der Waals surface area contributed by atoms with E-state index in [1.54, 1.807) is 11.8 Å². The topological polar surface area (TPSA) is 51.8 Å². The largest absolute Gasteiger partial charge is 0.384 e. The summed E-state index contributed by atoms with van der Waals surface area (Å²) in [6, 6.07) is 12.2. The number of thioether (sulfide) groups is 1. The van der Waals surface area contributed by atoms with Crippen LogP contribution >= 0.6 is 11.8 Å². The molecule has 4 heteroatoms. The number of aryl methyl sites for hydroxylation is 1. The SMILES string of the molecule is CCCc1nc(N)cc(SCc2ccccc2)n1. The Balaban J connectivity index is 2.05. The molecule has 0 saturated heterocycles. The molecule has 2 aromatic rings. The first-order valence-corrected chi connectivity index (χ1v) is 7.06. The Morgan fingerprint density at radius 3 is 2.67 bits per heavy atom. The third-order valence-electron chi connectivity index (χ3n) is 2.47. The first-order valence-electron chi connectivity index (χ1n) is 6.08. The summed E-state index contributed by atoms with van der Waals surface area (Å²) in [5.41, 5.74) is 7.08. The van der Waals surface area contributed by atoms with Gasteiger partial charge in [-0.2, -0.15) is 0 Å². The Morgan fingerprint density at radius 1 is 1.17 bits per heavy atom. The summed E-state index contributed by atoms with van der Waals surface area (Å²) in [5, 5.41) is 0.954. The lowest BCUT2D eigenvalue weighted by Gasteiger charge is -2.05. The van der Waals surface area contributed by atoms with Crippen LogP contribution in [0.25, 0.3) is 0 Å². The second kappa shape index (κ2) is 6.40. The van der Waals surface area contributed by atoms with E-state index in [2.05, 4.69) is 29.0 Å². The van der Waals surface area contributed by atoms with Crippen LogP contribution in [0.2, 0.25) is 0 Å². The zero-order chi connectivity index (χ0) is 12.8. The van der Waals surface area contributed by atoms with Crippen molar-refractivity contribution in [1.29, 1.82) is 0 Å². The molecule has 1 aromatic carbocycles. The maximum absolute atomic E-state index is 5.79. The Labute approximate surface area is 112 Å². The summed E-state index contributed by atoms with van der Waals surface area (Å²) in [6.45, 7) is 2.11. The third-order valence-corrected chi connectivity index (χ3v) is 3.45. The van der Waals surface area contributed by atoms with Gasteiger partial charge in [-0.25, -0.2) is 9.97 Å². The summed E-state index contributed by atoms with van der Waals surface area (Å²) in [4.78, 5) is 8.74. The zero-order valence-electron chi connectivity index (χ0n) is 10.5. The summed E-state index contributed by atoms with van der Waals surface area (Å²) < 4.78 is 0. The minimum absolute atomic E-state index is 0.559. The molecule has 94 valence electrons. The first kappa shape index (κ1) is 12.9. The molecule has 2 rings (SSSR count). The number of nitrogens with zero attached hydrogens (tertiary/aromatic N) is 2. The number of rotatable bonds is 5. The molecule has 0 unspecified atom stereocenters. The maximum atomic E-state index is 5.79. The summed E-state index contributed by atoms with van der Waals surface area (Å²) >= 11 is 1.70. The fourth-order valence-electron chi connectivity index (χ4n) is 1.63. The number of hydrogen-bond donors (Lipinski definition) is 1. The molecule has 0 fully saturated rings. The van der Waals surface area contributed by atoms with Gasteiger partial charge in [0.2, 0.25) is 0 Å². The van der Waals surface area contributed by atoms with Crippen molar-refractivity contribution in [2.75, 3.05) is 5.73 Å². The second-order valence-corrected chi connectivity index (χ2v) is 5.07. The zero-order valence-corrected chi connectivity index (χ0v) is 11.3. The number of aromatic nitrogens is 2. The Bertz CT molecular complexity index is 500. The van der Waals surface area contributed by atoms with E-state index in [4.69, 9.17) is 5.73 Å². The number of anilines is 1.